The molecule has 1 unspecified atom stereocenters. The molecular formula is C34H45N3O4. The predicted octanol–water partition coefficient (Wildman–Crippen LogP) is 5.09. The van der Waals surface area contributed by atoms with Crippen LogP contribution in [0.15, 0.2) is 65.7 Å². The van der Waals surface area contributed by atoms with Gasteiger partial charge in [-0.2, -0.15) is 0 Å². The van der Waals surface area contributed by atoms with E-state index in [1.54, 1.807) is 0 Å². The van der Waals surface area contributed by atoms with Gasteiger partial charge in [-0.1, -0.05) is 93.3 Å². The molecular weight excluding hydrogens is 514 g/mol. The SMILES string of the molecule is CCCCCC[C@@H]1N(Cc2ccccc2)CC2[C@H](C(=O)OCC)[C@@]3(N4CCOCC4)O[C@]21N=C3Cc1ccccc1. The molecule has 3 saturated heterocycles. The number of carbonyl (C=O) groups excluding carboxylic acids is 1. The summed E-state index contributed by atoms with van der Waals surface area (Å²) in [7, 11) is 0. The molecule has 0 amide bonds. The normalized spacial score (nSPS) is 31.3. The Labute approximate surface area is 244 Å². The molecule has 0 saturated carbocycles. The van der Waals surface area contributed by atoms with Gasteiger partial charge in [0.05, 0.1) is 31.6 Å². The number of fused-ring (bicyclic) bond motifs is 1. The molecule has 4 aliphatic heterocycles. The summed E-state index contributed by atoms with van der Waals surface area (Å²) in [6.45, 7) is 8.76. The average Bonchev–Trinajstić information content (AvgIpc) is 3.59. The van der Waals surface area contributed by atoms with Crippen LogP contribution in [0.2, 0.25) is 0 Å². The molecule has 1 spiro atoms. The Balaban J connectivity index is 1.44. The van der Waals surface area contributed by atoms with E-state index in [0.717, 1.165) is 31.6 Å². The second-order valence-corrected chi connectivity index (χ2v) is 12.0. The van der Waals surface area contributed by atoms with Crippen molar-refractivity contribution in [2.45, 2.75) is 76.4 Å². The molecule has 0 aliphatic carbocycles. The number of benzene rings is 2. The van der Waals surface area contributed by atoms with Crippen molar-refractivity contribution in [3.05, 3.63) is 71.8 Å². The van der Waals surface area contributed by atoms with Crippen LogP contribution in [-0.4, -0.2) is 78.4 Å². The molecule has 0 radical (unpaired) electrons. The van der Waals surface area contributed by atoms with Crippen LogP contribution in [0.25, 0.3) is 0 Å². The third kappa shape index (κ3) is 5.16. The summed E-state index contributed by atoms with van der Waals surface area (Å²) in [6, 6.07) is 21.2. The zero-order valence-corrected chi connectivity index (χ0v) is 24.7. The lowest BCUT2D eigenvalue weighted by Crippen LogP contribution is -2.64. The van der Waals surface area contributed by atoms with E-state index in [2.05, 4.69) is 71.3 Å². The highest BCUT2D eigenvalue weighted by atomic mass is 16.6. The van der Waals surface area contributed by atoms with Crippen molar-refractivity contribution in [2.24, 2.45) is 16.8 Å². The van der Waals surface area contributed by atoms with E-state index in [0.29, 0.717) is 39.3 Å². The summed E-state index contributed by atoms with van der Waals surface area (Å²) in [5.74, 6) is -0.655. The lowest BCUT2D eigenvalue weighted by atomic mass is 9.74. The maximum Gasteiger partial charge on any atom is 0.314 e. The molecule has 4 heterocycles. The van der Waals surface area contributed by atoms with Gasteiger partial charge >= 0.3 is 5.97 Å². The number of esters is 1. The highest BCUT2D eigenvalue weighted by Gasteiger charge is 2.78. The number of hydrogen-bond acceptors (Lipinski definition) is 7. The highest BCUT2D eigenvalue weighted by molar-refractivity contribution is 6.01. The first-order valence-electron chi connectivity index (χ1n) is 15.7. The molecule has 2 aromatic carbocycles. The minimum Gasteiger partial charge on any atom is -0.466 e. The van der Waals surface area contributed by atoms with E-state index in [4.69, 9.17) is 19.2 Å². The van der Waals surface area contributed by atoms with E-state index < -0.39 is 17.4 Å². The topological polar surface area (TPSA) is 63.6 Å². The smallest absolute Gasteiger partial charge is 0.314 e. The van der Waals surface area contributed by atoms with Crippen LogP contribution >= 0.6 is 0 Å². The number of morpholine rings is 1. The van der Waals surface area contributed by atoms with E-state index in [9.17, 15) is 4.79 Å². The first kappa shape index (κ1) is 28.5. The van der Waals surface area contributed by atoms with E-state index in [1.807, 2.05) is 13.0 Å². The number of hydrogen-bond donors (Lipinski definition) is 0. The molecule has 0 N–H and O–H groups in total. The maximum absolute atomic E-state index is 14.1. The second-order valence-electron chi connectivity index (χ2n) is 12.0. The van der Waals surface area contributed by atoms with Crippen molar-refractivity contribution in [3.8, 4) is 0 Å². The second kappa shape index (κ2) is 12.3. The summed E-state index contributed by atoms with van der Waals surface area (Å²) in [5.41, 5.74) is 1.77. The molecule has 220 valence electrons. The van der Waals surface area contributed by atoms with Gasteiger partial charge in [0, 0.05) is 38.5 Å². The molecule has 5 atom stereocenters. The van der Waals surface area contributed by atoms with Crippen LogP contribution in [0.1, 0.15) is 57.1 Å². The monoisotopic (exact) mass is 559 g/mol. The van der Waals surface area contributed by atoms with Crippen molar-refractivity contribution >= 4 is 11.7 Å². The predicted molar refractivity (Wildman–Crippen MR) is 160 cm³/mol. The third-order valence-corrected chi connectivity index (χ3v) is 9.54. The van der Waals surface area contributed by atoms with Crippen molar-refractivity contribution in [3.63, 3.8) is 0 Å². The summed E-state index contributed by atoms with van der Waals surface area (Å²) in [4.78, 5) is 24.6. The summed E-state index contributed by atoms with van der Waals surface area (Å²) in [5, 5.41) is 0. The molecule has 2 aromatic rings. The maximum atomic E-state index is 14.1. The van der Waals surface area contributed by atoms with Crippen LogP contribution in [0.3, 0.4) is 0 Å². The van der Waals surface area contributed by atoms with Gasteiger partial charge in [0.1, 0.15) is 5.92 Å². The van der Waals surface area contributed by atoms with Crippen LogP contribution in [0.5, 0.6) is 0 Å². The van der Waals surface area contributed by atoms with Gasteiger partial charge in [0.2, 0.25) is 0 Å². The Kier molecular flexibility index (Phi) is 8.59. The van der Waals surface area contributed by atoms with Crippen molar-refractivity contribution in [1.82, 2.24) is 9.80 Å². The molecule has 0 aromatic heterocycles. The average molecular weight is 560 g/mol. The fourth-order valence-electron chi connectivity index (χ4n) is 7.80. The number of carbonyl (C=O) groups is 1. The molecule has 6 rings (SSSR count). The minimum absolute atomic E-state index is 0.0659. The number of ether oxygens (including phenoxy) is 3. The molecule has 7 nitrogen and oxygen atoms in total. The first-order chi connectivity index (χ1) is 20.1. The van der Waals surface area contributed by atoms with Crippen molar-refractivity contribution < 1.29 is 19.0 Å². The Hall–Kier alpha value is -2.58. The molecule has 41 heavy (non-hydrogen) atoms. The zero-order chi connectivity index (χ0) is 28.3. The minimum atomic E-state index is -0.906. The summed E-state index contributed by atoms with van der Waals surface area (Å²) < 4.78 is 19.1. The summed E-state index contributed by atoms with van der Waals surface area (Å²) >= 11 is 0. The number of nitrogens with zero attached hydrogens (tertiary/aromatic N) is 3. The van der Waals surface area contributed by atoms with Crippen LogP contribution in [0, 0.1) is 11.8 Å². The van der Waals surface area contributed by atoms with E-state index in [-0.39, 0.29) is 17.9 Å². The van der Waals surface area contributed by atoms with Crippen LogP contribution in [-0.2, 0) is 32.0 Å². The van der Waals surface area contributed by atoms with Gasteiger partial charge in [-0.25, -0.2) is 0 Å². The lowest BCUT2D eigenvalue weighted by molar-refractivity contribution is -0.182. The number of aliphatic imine (C=N–C) groups is 1. The van der Waals surface area contributed by atoms with Gasteiger partial charge in [-0.05, 0) is 24.5 Å². The van der Waals surface area contributed by atoms with Gasteiger partial charge in [-0.3, -0.25) is 19.6 Å². The molecule has 2 bridgehead atoms. The Morgan fingerprint density at radius 3 is 2.37 bits per heavy atom. The Morgan fingerprint density at radius 1 is 0.976 bits per heavy atom. The largest absolute Gasteiger partial charge is 0.466 e. The quantitative estimate of drug-likeness (QED) is 0.267. The molecule has 4 aliphatic rings. The highest BCUT2D eigenvalue weighted by Crippen LogP contribution is 2.62. The Bertz CT molecular complexity index is 1200. The fraction of sp³-hybridized carbons (Fsp3) is 0.588. The number of likely N-dealkylation sites (tertiary alicyclic amines) is 1. The van der Waals surface area contributed by atoms with Crippen LogP contribution in [0.4, 0.5) is 0 Å². The molecule has 3 fully saturated rings. The van der Waals surface area contributed by atoms with Crippen molar-refractivity contribution in [1.29, 1.82) is 0 Å². The van der Waals surface area contributed by atoms with Crippen LogP contribution < -0.4 is 0 Å². The standard InChI is InChI=1S/C34H45N3O4/c1-3-5-6-13-18-30-33-28(25-36(30)24-27-16-11-8-12-17-27)31(32(38)40-4-2)34(41-33,37-19-21-39-22-20-37)29(35-33)23-26-14-9-7-10-15-26/h7-12,14-17,28,30-31H,3-6,13,18-25H2,1-2H3/t28?,30-,31+,33+,34-/m0/s1. The number of rotatable bonds is 12. The lowest BCUT2D eigenvalue weighted by Gasteiger charge is -2.45. The Morgan fingerprint density at radius 2 is 1.68 bits per heavy atom. The van der Waals surface area contributed by atoms with Gasteiger partial charge in [-0.15, -0.1) is 0 Å². The summed E-state index contributed by atoms with van der Waals surface area (Å²) in [6.07, 6.45) is 6.41. The third-order valence-electron chi connectivity index (χ3n) is 9.54. The van der Waals surface area contributed by atoms with E-state index >= 15 is 0 Å². The van der Waals surface area contributed by atoms with Gasteiger partial charge < -0.3 is 14.2 Å². The number of unbranched alkanes of at least 4 members (excludes halogenated alkanes) is 3. The zero-order valence-electron chi connectivity index (χ0n) is 24.7. The van der Waals surface area contributed by atoms with E-state index in [1.165, 1.54) is 30.4 Å². The van der Waals surface area contributed by atoms with Crippen molar-refractivity contribution in [2.75, 3.05) is 39.5 Å². The molecule has 7 heteroatoms. The fourth-order valence-corrected chi connectivity index (χ4v) is 7.80. The van der Waals surface area contributed by atoms with Gasteiger partial charge in [0.15, 0.2) is 11.4 Å². The first-order valence-corrected chi connectivity index (χ1v) is 15.7. The van der Waals surface area contributed by atoms with Gasteiger partial charge in [0.25, 0.3) is 0 Å².